The summed E-state index contributed by atoms with van der Waals surface area (Å²) in [6.45, 7) is 0.584. The molecule has 2 rings (SSSR count). The van der Waals surface area contributed by atoms with Crippen molar-refractivity contribution in [3.8, 4) is 0 Å². The first-order chi connectivity index (χ1) is 8.09. The van der Waals surface area contributed by atoms with Gasteiger partial charge in [-0.3, -0.25) is 9.48 Å². The molecular weight excluding hydrogens is 236 g/mol. The van der Waals surface area contributed by atoms with Crippen molar-refractivity contribution in [2.75, 3.05) is 12.8 Å². The Kier molecular flexibility index (Phi) is 3.14. The van der Waals surface area contributed by atoms with Crippen molar-refractivity contribution in [1.82, 2.24) is 14.7 Å². The molecule has 0 saturated heterocycles. The zero-order valence-electron chi connectivity index (χ0n) is 9.75. The van der Waals surface area contributed by atoms with Crippen molar-refractivity contribution in [1.29, 1.82) is 0 Å². The normalized spacial score (nSPS) is 10.5. The minimum absolute atomic E-state index is 0.115. The molecule has 0 aliphatic rings. The molecule has 1 amide bonds. The molecule has 0 saturated carbocycles. The molecule has 17 heavy (non-hydrogen) atoms. The van der Waals surface area contributed by atoms with Crippen LogP contribution in [0.2, 0.25) is 0 Å². The van der Waals surface area contributed by atoms with E-state index in [1.54, 1.807) is 30.3 Å². The molecule has 0 spiro atoms. The first-order valence-corrected chi connectivity index (χ1v) is 6.03. The Morgan fingerprint density at radius 2 is 2.41 bits per heavy atom. The van der Waals surface area contributed by atoms with Crippen LogP contribution >= 0.6 is 11.3 Å². The molecule has 0 fully saturated rings. The number of aromatic nitrogens is 2. The van der Waals surface area contributed by atoms with E-state index in [0.29, 0.717) is 17.9 Å². The average Bonchev–Trinajstić information content (AvgIpc) is 2.89. The van der Waals surface area contributed by atoms with Crippen LogP contribution in [0.5, 0.6) is 0 Å². The van der Waals surface area contributed by atoms with E-state index in [4.69, 9.17) is 5.73 Å². The summed E-state index contributed by atoms with van der Waals surface area (Å²) in [4.78, 5) is 14.9. The van der Waals surface area contributed by atoms with Crippen LogP contribution in [0, 0.1) is 0 Å². The number of nitrogens with zero attached hydrogens (tertiary/aromatic N) is 3. The van der Waals surface area contributed by atoms with Crippen LogP contribution < -0.4 is 5.73 Å². The first kappa shape index (κ1) is 11.7. The van der Waals surface area contributed by atoms with Gasteiger partial charge in [-0.25, -0.2) is 0 Å². The van der Waals surface area contributed by atoms with Crippen LogP contribution in [-0.4, -0.2) is 27.6 Å². The molecular formula is C11H14N4OS. The van der Waals surface area contributed by atoms with Gasteiger partial charge in [-0.2, -0.15) is 5.10 Å². The Morgan fingerprint density at radius 3 is 2.94 bits per heavy atom. The van der Waals surface area contributed by atoms with Gasteiger partial charge in [-0.1, -0.05) is 6.07 Å². The van der Waals surface area contributed by atoms with Gasteiger partial charge in [0.1, 0.15) is 5.69 Å². The number of carbonyl (C=O) groups is 1. The number of nitrogens with two attached hydrogens (primary N) is 1. The lowest BCUT2D eigenvalue weighted by Crippen LogP contribution is -2.28. The highest BCUT2D eigenvalue weighted by molar-refractivity contribution is 7.09. The number of hydrogen-bond donors (Lipinski definition) is 1. The summed E-state index contributed by atoms with van der Waals surface area (Å²) in [5, 5.41) is 5.96. The lowest BCUT2D eigenvalue weighted by atomic mass is 10.3. The maximum Gasteiger partial charge on any atom is 0.274 e. The number of aryl methyl sites for hydroxylation is 1. The van der Waals surface area contributed by atoms with Gasteiger partial charge in [0.15, 0.2) is 0 Å². The second-order valence-corrected chi connectivity index (χ2v) is 4.84. The van der Waals surface area contributed by atoms with Crippen molar-refractivity contribution < 1.29 is 4.79 Å². The average molecular weight is 250 g/mol. The van der Waals surface area contributed by atoms with Gasteiger partial charge in [0.25, 0.3) is 5.91 Å². The summed E-state index contributed by atoms with van der Waals surface area (Å²) in [6, 6.07) is 3.97. The quantitative estimate of drug-likeness (QED) is 0.894. The van der Waals surface area contributed by atoms with Gasteiger partial charge in [0, 0.05) is 19.0 Å². The summed E-state index contributed by atoms with van der Waals surface area (Å²) in [5.74, 6) is -0.115. The van der Waals surface area contributed by atoms with Crippen LogP contribution in [0.25, 0.3) is 0 Å². The van der Waals surface area contributed by atoms with Crippen LogP contribution in [0.15, 0.2) is 23.7 Å². The largest absolute Gasteiger partial charge is 0.396 e. The van der Waals surface area contributed by atoms with E-state index in [9.17, 15) is 4.79 Å². The van der Waals surface area contributed by atoms with Crippen molar-refractivity contribution in [2.24, 2.45) is 7.05 Å². The third-order valence-corrected chi connectivity index (χ3v) is 3.35. The van der Waals surface area contributed by atoms with E-state index >= 15 is 0 Å². The maximum absolute atomic E-state index is 12.2. The van der Waals surface area contributed by atoms with Crippen molar-refractivity contribution in [2.45, 2.75) is 6.54 Å². The number of carbonyl (C=O) groups excluding carboxylic acids is 1. The molecule has 2 aromatic heterocycles. The number of hydrogen-bond acceptors (Lipinski definition) is 4. The van der Waals surface area contributed by atoms with E-state index in [1.165, 1.54) is 10.9 Å². The van der Waals surface area contributed by atoms with Gasteiger partial charge in [-0.15, -0.1) is 11.3 Å². The summed E-state index contributed by atoms with van der Waals surface area (Å²) in [7, 11) is 3.47. The third-order valence-electron chi connectivity index (χ3n) is 2.49. The maximum atomic E-state index is 12.2. The van der Waals surface area contributed by atoms with Gasteiger partial charge >= 0.3 is 0 Å². The fourth-order valence-electron chi connectivity index (χ4n) is 1.61. The molecule has 0 bridgehead atoms. The summed E-state index contributed by atoms with van der Waals surface area (Å²) < 4.78 is 1.50. The second-order valence-electron chi connectivity index (χ2n) is 3.81. The fraction of sp³-hybridized carbons (Fsp3) is 0.273. The van der Waals surface area contributed by atoms with Gasteiger partial charge < -0.3 is 10.6 Å². The van der Waals surface area contributed by atoms with E-state index in [2.05, 4.69) is 5.10 Å². The number of amides is 1. The van der Waals surface area contributed by atoms with Gasteiger partial charge in [0.2, 0.25) is 0 Å². The Morgan fingerprint density at radius 1 is 1.65 bits per heavy atom. The molecule has 2 aromatic rings. The minimum Gasteiger partial charge on any atom is -0.396 e. The molecule has 0 aromatic carbocycles. The molecule has 6 heteroatoms. The van der Waals surface area contributed by atoms with Crippen molar-refractivity contribution in [3.63, 3.8) is 0 Å². The van der Waals surface area contributed by atoms with Crippen LogP contribution in [0.1, 0.15) is 15.4 Å². The monoisotopic (exact) mass is 250 g/mol. The molecule has 2 N–H and O–H groups in total. The molecule has 2 heterocycles. The van der Waals surface area contributed by atoms with Crippen molar-refractivity contribution in [3.05, 3.63) is 34.3 Å². The molecule has 0 radical (unpaired) electrons. The molecule has 0 aliphatic carbocycles. The Balaban J connectivity index is 2.15. The van der Waals surface area contributed by atoms with Crippen molar-refractivity contribution >= 4 is 22.9 Å². The molecule has 0 atom stereocenters. The molecule has 0 aliphatic heterocycles. The standard InChI is InChI=1S/C11H14N4OS/c1-14(7-8-4-3-5-17-8)11(16)10-9(12)6-13-15(10)2/h3-6H,7,12H2,1-2H3. The highest BCUT2D eigenvalue weighted by atomic mass is 32.1. The Bertz CT molecular complexity index is 498. The number of rotatable bonds is 3. The van der Waals surface area contributed by atoms with Crippen LogP contribution in [0.4, 0.5) is 5.69 Å². The van der Waals surface area contributed by atoms with Gasteiger partial charge in [-0.05, 0) is 11.4 Å². The fourth-order valence-corrected chi connectivity index (χ4v) is 2.36. The van der Waals surface area contributed by atoms with E-state index in [1.807, 2.05) is 17.5 Å². The SMILES string of the molecule is CN(Cc1cccs1)C(=O)c1c(N)cnn1C. The molecule has 5 nitrogen and oxygen atoms in total. The lowest BCUT2D eigenvalue weighted by molar-refractivity contribution is 0.0776. The smallest absolute Gasteiger partial charge is 0.274 e. The third kappa shape index (κ3) is 2.31. The summed E-state index contributed by atoms with van der Waals surface area (Å²) >= 11 is 1.63. The highest BCUT2D eigenvalue weighted by Crippen LogP contribution is 2.15. The molecule has 0 unspecified atom stereocenters. The Labute approximate surface area is 103 Å². The zero-order valence-corrected chi connectivity index (χ0v) is 10.6. The summed E-state index contributed by atoms with van der Waals surface area (Å²) in [5.41, 5.74) is 6.57. The number of nitrogen functional groups attached to an aromatic ring is 1. The zero-order chi connectivity index (χ0) is 12.4. The van der Waals surface area contributed by atoms with E-state index in [0.717, 1.165) is 4.88 Å². The lowest BCUT2D eigenvalue weighted by Gasteiger charge is -2.16. The minimum atomic E-state index is -0.115. The van der Waals surface area contributed by atoms with Crippen LogP contribution in [0.3, 0.4) is 0 Å². The predicted molar refractivity (Wildman–Crippen MR) is 67.7 cm³/mol. The Hall–Kier alpha value is -1.82. The first-order valence-electron chi connectivity index (χ1n) is 5.15. The number of anilines is 1. The predicted octanol–water partition coefficient (Wildman–Crippen LogP) is 1.34. The number of thiophene rings is 1. The second kappa shape index (κ2) is 4.58. The summed E-state index contributed by atoms with van der Waals surface area (Å²) in [6.07, 6.45) is 1.49. The van der Waals surface area contributed by atoms with E-state index in [-0.39, 0.29) is 5.91 Å². The van der Waals surface area contributed by atoms with Crippen LogP contribution in [-0.2, 0) is 13.6 Å². The topological polar surface area (TPSA) is 64.2 Å². The van der Waals surface area contributed by atoms with E-state index < -0.39 is 0 Å². The van der Waals surface area contributed by atoms with Gasteiger partial charge in [0.05, 0.1) is 18.4 Å². The molecule has 90 valence electrons. The highest BCUT2D eigenvalue weighted by Gasteiger charge is 2.19.